The second kappa shape index (κ2) is 7.24. The first kappa shape index (κ1) is 18.4. The first-order valence-electron chi connectivity index (χ1n) is 8.14. The molecule has 1 N–H and O–H groups in total. The van der Waals surface area contributed by atoms with Gasteiger partial charge in [-0.2, -0.15) is 5.26 Å². The van der Waals surface area contributed by atoms with Crippen molar-refractivity contribution in [3.8, 4) is 17.2 Å². The molecular formula is C20H12ClN3O2S2. The maximum atomic E-state index is 12.7. The summed E-state index contributed by atoms with van der Waals surface area (Å²) in [6.07, 6.45) is 3.13. The van der Waals surface area contributed by atoms with Crippen LogP contribution in [0.15, 0.2) is 71.2 Å². The number of fused-ring (bicyclic) bond motifs is 1. The fourth-order valence-corrected chi connectivity index (χ4v) is 5.53. The Bertz CT molecular complexity index is 1340. The van der Waals surface area contributed by atoms with Crippen LogP contribution >= 0.6 is 22.9 Å². The van der Waals surface area contributed by atoms with E-state index in [1.165, 1.54) is 12.3 Å². The third-order valence-electron chi connectivity index (χ3n) is 4.21. The second-order valence-electron chi connectivity index (χ2n) is 5.90. The molecule has 0 amide bonds. The molecule has 0 fully saturated rings. The van der Waals surface area contributed by atoms with Crippen LogP contribution in [0, 0.1) is 11.3 Å². The number of pyridine rings is 1. The maximum Gasteiger partial charge on any atom is 0.271 e. The molecule has 2 aromatic carbocycles. The molecule has 5 nitrogen and oxygen atoms in total. The van der Waals surface area contributed by atoms with Crippen LogP contribution in [0.3, 0.4) is 0 Å². The van der Waals surface area contributed by atoms with Crippen LogP contribution in [0.2, 0.25) is 4.34 Å². The van der Waals surface area contributed by atoms with Gasteiger partial charge in [0.15, 0.2) is 0 Å². The zero-order valence-electron chi connectivity index (χ0n) is 14.3. The lowest BCUT2D eigenvalue weighted by atomic mass is 9.95. The number of nitriles is 1. The lowest BCUT2D eigenvalue weighted by molar-refractivity contribution is 0.603. The van der Waals surface area contributed by atoms with Gasteiger partial charge in [-0.05, 0) is 35.2 Å². The van der Waals surface area contributed by atoms with Gasteiger partial charge in [0.2, 0.25) is 0 Å². The zero-order valence-corrected chi connectivity index (χ0v) is 16.6. The largest absolute Gasteiger partial charge is 0.278 e. The topological polar surface area (TPSA) is 82.8 Å². The molecule has 8 heteroatoms. The molecule has 0 atom stereocenters. The van der Waals surface area contributed by atoms with E-state index in [-0.39, 0.29) is 4.21 Å². The quantitative estimate of drug-likeness (QED) is 0.481. The van der Waals surface area contributed by atoms with Crippen LogP contribution in [-0.4, -0.2) is 13.4 Å². The number of rotatable bonds is 4. The van der Waals surface area contributed by atoms with Gasteiger partial charge < -0.3 is 0 Å². The number of hydrogen-bond acceptors (Lipinski definition) is 5. The summed E-state index contributed by atoms with van der Waals surface area (Å²) in [5.74, 6) is 0. The fourth-order valence-electron chi connectivity index (χ4n) is 2.97. The van der Waals surface area contributed by atoms with Gasteiger partial charge in [0, 0.05) is 23.3 Å². The van der Waals surface area contributed by atoms with Crippen molar-refractivity contribution in [2.45, 2.75) is 4.21 Å². The summed E-state index contributed by atoms with van der Waals surface area (Å²) < 4.78 is 28.6. The number of nitrogens with zero attached hydrogens (tertiary/aromatic N) is 2. The van der Waals surface area contributed by atoms with Crippen molar-refractivity contribution in [2.24, 2.45) is 0 Å². The van der Waals surface area contributed by atoms with E-state index >= 15 is 0 Å². The summed E-state index contributed by atoms with van der Waals surface area (Å²) in [5, 5.41) is 11.0. The Kier molecular flexibility index (Phi) is 4.77. The van der Waals surface area contributed by atoms with Crippen LogP contribution in [0.1, 0.15) is 5.56 Å². The molecule has 0 radical (unpaired) electrons. The highest BCUT2D eigenvalue weighted by Crippen LogP contribution is 2.36. The van der Waals surface area contributed by atoms with Gasteiger partial charge in [0.1, 0.15) is 4.21 Å². The van der Waals surface area contributed by atoms with E-state index in [0.29, 0.717) is 21.2 Å². The highest BCUT2D eigenvalue weighted by Gasteiger charge is 2.19. The first-order chi connectivity index (χ1) is 13.5. The molecule has 4 aromatic rings. The van der Waals surface area contributed by atoms with Gasteiger partial charge in [0.25, 0.3) is 10.0 Å². The molecule has 4 rings (SSSR count). The normalized spacial score (nSPS) is 11.3. The molecule has 138 valence electrons. The van der Waals surface area contributed by atoms with Crippen LogP contribution < -0.4 is 4.72 Å². The fraction of sp³-hybridized carbons (Fsp3) is 0. The number of thiophene rings is 1. The predicted molar refractivity (Wildman–Crippen MR) is 112 cm³/mol. The predicted octanol–water partition coefficient (Wildman–Crippen LogP) is 5.29. The standard InChI is InChI=1S/C20H12ClN3O2S2/c21-19-7-8-20(27-19)28(25,26)24-18-9-10-23-12-17(18)16-6-5-13(11-22)14-3-1-2-4-15(14)16/h1-10,12H,(H,23,24). The number of benzene rings is 2. The first-order valence-corrected chi connectivity index (χ1v) is 10.8. The molecule has 0 aliphatic rings. The SMILES string of the molecule is N#Cc1ccc(-c2cnccc2NS(=O)(=O)c2ccc(Cl)s2)c2ccccc12. The highest BCUT2D eigenvalue weighted by molar-refractivity contribution is 7.94. The Hall–Kier alpha value is -2.92. The minimum Gasteiger partial charge on any atom is -0.278 e. The molecule has 0 saturated heterocycles. The van der Waals surface area contributed by atoms with E-state index in [0.717, 1.165) is 27.7 Å². The molecule has 0 spiro atoms. The van der Waals surface area contributed by atoms with Crippen molar-refractivity contribution < 1.29 is 8.42 Å². The molecule has 0 unspecified atom stereocenters. The molecule has 2 aromatic heterocycles. The molecule has 0 aliphatic heterocycles. The Labute approximate surface area is 170 Å². The molecule has 0 bridgehead atoms. The highest BCUT2D eigenvalue weighted by atomic mass is 35.5. The van der Waals surface area contributed by atoms with Gasteiger partial charge in [-0.1, -0.05) is 41.9 Å². The average Bonchev–Trinajstić information content (AvgIpc) is 3.15. The van der Waals surface area contributed by atoms with Crippen molar-refractivity contribution in [3.05, 3.63) is 76.9 Å². The molecule has 0 aliphatic carbocycles. The van der Waals surface area contributed by atoms with Crippen molar-refractivity contribution in [1.82, 2.24) is 4.98 Å². The van der Waals surface area contributed by atoms with Gasteiger partial charge in [-0.25, -0.2) is 8.42 Å². The van der Waals surface area contributed by atoms with Gasteiger partial charge >= 0.3 is 0 Å². The lowest BCUT2D eigenvalue weighted by Crippen LogP contribution is -2.12. The average molecular weight is 426 g/mol. The summed E-state index contributed by atoms with van der Waals surface area (Å²) in [7, 11) is -3.79. The van der Waals surface area contributed by atoms with Crippen LogP contribution in [0.4, 0.5) is 5.69 Å². The number of aromatic nitrogens is 1. The Balaban J connectivity index is 1.86. The smallest absolute Gasteiger partial charge is 0.271 e. The van der Waals surface area contributed by atoms with Gasteiger partial charge in [-0.15, -0.1) is 11.3 Å². The maximum absolute atomic E-state index is 12.7. The van der Waals surface area contributed by atoms with Gasteiger partial charge in [-0.3, -0.25) is 9.71 Å². The number of anilines is 1. The third-order valence-corrected chi connectivity index (χ3v) is 7.30. The van der Waals surface area contributed by atoms with Crippen molar-refractivity contribution >= 4 is 49.4 Å². The van der Waals surface area contributed by atoms with Crippen molar-refractivity contribution in [3.63, 3.8) is 0 Å². The third kappa shape index (κ3) is 3.34. The van der Waals surface area contributed by atoms with Gasteiger partial charge in [0.05, 0.1) is 21.7 Å². The summed E-state index contributed by atoms with van der Waals surface area (Å²) in [6.45, 7) is 0. The van der Waals surface area contributed by atoms with Crippen LogP contribution in [0.25, 0.3) is 21.9 Å². The van der Waals surface area contributed by atoms with Crippen molar-refractivity contribution in [2.75, 3.05) is 4.72 Å². The summed E-state index contributed by atoms with van der Waals surface area (Å²) in [4.78, 5) is 4.16. The van der Waals surface area contributed by atoms with Crippen LogP contribution in [-0.2, 0) is 10.0 Å². The van der Waals surface area contributed by atoms with E-state index in [1.54, 1.807) is 30.5 Å². The molecular weight excluding hydrogens is 414 g/mol. The Morgan fingerprint density at radius 1 is 1.00 bits per heavy atom. The number of halogens is 1. The van der Waals surface area contributed by atoms with E-state index in [1.807, 2.05) is 24.3 Å². The van der Waals surface area contributed by atoms with E-state index < -0.39 is 10.0 Å². The molecule has 0 saturated carbocycles. The number of hydrogen-bond donors (Lipinski definition) is 1. The molecule has 2 heterocycles. The minimum atomic E-state index is -3.79. The van der Waals surface area contributed by atoms with E-state index in [9.17, 15) is 13.7 Å². The van der Waals surface area contributed by atoms with Crippen molar-refractivity contribution in [1.29, 1.82) is 5.26 Å². The Morgan fingerprint density at radius 3 is 2.50 bits per heavy atom. The number of sulfonamides is 1. The minimum absolute atomic E-state index is 0.130. The molecule has 28 heavy (non-hydrogen) atoms. The monoisotopic (exact) mass is 425 g/mol. The number of nitrogens with one attached hydrogen (secondary N) is 1. The lowest BCUT2D eigenvalue weighted by Gasteiger charge is -2.14. The second-order valence-corrected chi connectivity index (χ2v) is 9.53. The van der Waals surface area contributed by atoms with E-state index in [2.05, 4.69) is 15.8 Å². The van der Waals surface area contributed by atoms with Crippen LogP contribution in [0.5, 0.6) is 0 Å². The summed E-state index contributed by atoms with van der Waals surface area (Å²) in [5.41, 5.74) is 2.35. The summed E-state index contributed by atoms with van der Waals surface area (Å²) >= 11 is 6.87. The zero-order chi connectivity index (χ0) is 19.7. The van der Waals surface area contributed by atoms with E-state index in [4.69, 9.17) is 11.6 Å². The Morgan fingerprint density at radius 2 is 1.79 bits per heavy atom. The summed E-state index contributed by atoms with van der Waals surface area (Å²) in [6, 6.07) is 17.8.